The van der Waals surface area contributed by atoms with Gasteiger partial charge in [-0.3, -0.25) is 14.7 Å². The van der Waals surface area contributed by atoms with E-state index in [0.717, 1.165) is 18.5 Å². The SMILES string of the molecule is CCCc1cc(NC(=O)[C@H]2CC(C)C[C@H]2C(=O)O)n[nH]1. The molecule has 110 valence electrons. The summed E-state index contributed by atoms with van der Waals surface area (Å²) in [6.07, 6.45) is 3.06. The smallest absolute Gasteiger partial charge is 0.307 e. The number of carbonyl (C=O) groups is 2. The van der Waals surface area contributed by atoms with E-state index >= 15 is 0 Å². The first-order chi connectivity index (χ1) is 9.51. The molecule has 1 amide bonds. The Kier molecular flexibility index (Phi) is 4.42. The summed E-state index contributed by atoms with van der Waals surface area (Å²) in [7, 11) is 0. The van der Waals surface area contributed by atoms with Crippen LogP contribution in [0.15, 0.2) is 6.07 Å². The van der Waals surface area contributed by atoms with Crippen LogP contribution in [0, 0.1) is 17.8 Å². The van der Waals surface area contributed by atoms with E-state index in [1.54, 1.807) is 6.07 Å². The average Bonchev–Trinajstić information content (AvgIpc) is 2.96. The highest BCUT2D eigenvalue weighted by Gasteiger charge is 2.41. The van der Waals surface area contributed by atoms with Crippen molar-refractivity contribution in [1.82, 2.24) is 10.2 Å². The van der Waals surface area contributed by atoms with E-state index in [9.17, 15) is 14.7 Å². The summed E-state index contributed by atoms with van der Waals surface area (Å²) >= 11 is 0. The molecule has 1 heterocycles. The Morgan fingerprint density at radius 3 is 2.80 bits per heavy atom. The fourth-order valence-electron chi connectivity index (χ4n) is 2.90. The number of anilines is 1. The Bertz CT molecular complexity index is 498. The molecule has 6 nitrogen and oxygen atoms in total. The minimum absolute atomic E-state index is 0.240. The van der Waals surface area contributed by atoms with Gasteiger partial charge in [-0.2, -0.15) is 5.10 Å². The Balaban J connectivity index is 2.01. The molecule has 1 fully saturated rings. The van der Waals surface area contributed by atoms with E-state index in [4.69, 9.17) is 0 Å². The first-order valence-corrected chi connectivity index (χ1v) is 7.09. The molecule has 0 aromatic carbocycles. The highest BCUT2D eigenvalue weighted by atomic mass is 16.4. The van der Waals surface area contributed by atoms with Crippen LogP contribution in [0.3, 0.4) is 0 Å². The van der Waals surface area contributed by atoms with Gasteiger partial charge in [0.15, 0.2) is 5.82 Å². The maximum Gasteiger partial charge on any atom is 0.307 e. The average molecular weight is 279 g/mol. The Labute approximate surface area is 118 Å². The Morgan fingerprint density at radius 1 is 1.45 bits per heavy atom. The molecular weight excluding hydrogens is 258 g/mol. The minimum Gasteiger partial charge on any atom is -0.481 e. The number of amides is 1. The second-order valence-corrected chi connectivity index (χ2v) is 5.65. The molecule has 1 aromatic heterocycles. The van der Waals surface area contributed by atoms with Gasteiger partial charge in [-0.05, 0) is 25.2 Å². The Morgan fingerprint density at radius 2 is 2.15 bits per heavy atom. The van der Waals surface area contributed by atoms with Gasteiger partial charge in [0.25, 0.3) is 0 Å². The number of carboxylic acid groups (broad SMARTS) is 1. The number of nitrogens with one attached hydrogen (secondary N) is 2. The third kappa shape index (κ3) is 3.18. The van der Waals surface area contributed by atoms with E-state index < -0.39 is 17.8 Å². The monoisotopic (exact) mass is 279 g/mol. The Hall–Kier alpha value is -1.85. The molecule has 1 aromatic rings. The molecule has 0 saturated heterocycles. The van der Waals surface area contributed by atoms with Gasteiger partial charge in [-0.25, -0.2) is 0 Å². The number of carbonyl (C=O) groups excluding carboxylic acids is 1. The van der Waals surface area contributed by atoms with E-state index in [1.807, 2.05) is 6.92 Å². The molecule has 2 rings (SSSR count). The predicted octanol–water partition coefficient (Wildman–Crippen LogP) is 2.05. The van der Waals surface area contributed by atoms with Crippen molar-refractivity contribution in [1.29, 1.82) is 0 Å². The summed E-state index contributed by atoms with van der Waals surface area (Å²) < 4.78 is 0. The zero-order valence-electron chi connectivity index (χ0n) is 11.8. The zero-order valence-corrected chi connectivity index (χ0v) is 11.8. The molecule has 3 N–H and O–H groups in total. The molecule has 0 bridgehead atoms. The van der Waals surface area contributed by atoms with Gasteiger partial charge in [0, 0.05) is 11.8 Å². The van der Waals surface area contributed by atoms with Crippen molar-refractivity contribution in [3.05, 3.63) is 11.8 Å². The zero-order chi connectivity index (χ0) is 14.7. The topological polar surface area (TPSA) is 95.1 Å². The summed E-state index contributed by atoms with van der Waals surface area (Å²) in [6.45, 7) is 4.05. The van der Waals surface area contributed by atoms with Crippen LogP contribution >= 0.6 is 0 Å². The van der Waals surface area contributed by atoms with Crippen LogP contribution in [0.1, 0.15) is 38.8 Å². The summed E-state index contributed by atoms with van der Waals surface area (Å²) in [5.41, 5.74) is 0.970. The second kappa shape index (κ2) is 6.07. The van der Waals surface area contributed by atoms with Gasteiger partial charge in [-0.1, -0.05) is 20.3 Å². The molecule has 1 saturated carbocycles. The number of aliphatic carboxylic acids is 1. The highest BCUT2D eigenvalue weighted by molar-refractivity contribution is 5.94. The van der Waals surface area contributed by atoms with Gasteiger partial charge >= 0.3 is 5.97 Å². The number of aryl methyl sites for hydroxylation is 1. The largest absolute Gasteiger partial charge is 0.481 e. The lowest BCUT2D eigenvalue weighted by Crippen LogP contribution is -2.30. The number of aromatic amines is 1. The molecule has 0 spiro atoms. The van der Waals surface area contributed by atoms with Crippen LogP contribution in [-0.4, -0.2) is 27.2 Å². The van der Waals surface area contributed by atoms with Gasteiger partial charge < -0.3 is 10.4 Å². The molecule has 0 radical (unpaired) electrons. The minimum atomic E-state index is -0.886. The van der Waals surface area contributed by atoms with Gasteiger partial charge in [0.2, 0.25) is 5.91 Å². The van der Waals surface area contributed by atoms with Crippen molar-refractivity contribution in [2.24, 2.45) is 17.8 Å². The van der Waals surface area contributed by atoms with Crippen molar-refractivity contribution in [3.63, 3.8) is 0 Å². The molecule has 0 aliphatic heterocycles. The van der Waals surface area contributed by atoms with Crippen molar-refractivity contribution in [3.8, 4) is 0 Å². The van der Waals surface area contributed by atoms with Crippen molar-refractivity contribution < 1.29 is 14.7 Å². The van der Waals surface area contributed by atoms with Gasteiger partial charge in [-0.15, -0.1) is 0 Å². The molecule has 1 aliphatic carbocycles. The van der Waals surface area contributed by atoms with Crippen molar-refractivity contribution in [2.45, 2.75) is 39.5 Å². The predicted molar refractivity (Wildman–Crippen MR) is 74.2 cm³/mol. The van der Waals surface area contributed by atoms with Crippen LogP contribution in [0.5, 0.6) is 0 Å². The van der Waals surface area contributed by atoms with Gasteiger partial charge in [0.1, 0.15) is 0 Å². The maximum atomic E-state index is 12.2. The first kappa shape index (κ1) is 14.6. The fourth-order valence-corrected chi connectivity index (χ4v) is 2.90. The molecule has 6 heteroatoms. The summed E-state index contributed by atoms with van der Waals surface area (Å²) in [4.78, 5) is 23.4. The molecule has 1 aliphatic rings. The standard InChI is InChI=1S/C14H21N3O3/c1-3-4-9-7-12(17-16-9)15-13(18)10-5-8(2)6-11(10)14(19)20/h7-8,10-11H,3-6H2,1-2H3,(H,19,20)(H2,15,16,17,18)/t8?,10-,11+/m0/s1. The van der Waals surface area contributed by atoms with Crippen LogP contribution in [0.4, 0.5) is 5.82 Å². The normalized spacial score (nSPS) is 25.6. The third-order valence-electron chi connectivity index (χ3n) is 3.85. The van der Waals surface area contributed by atoms with E-state index in [-0.39, 0.29) is 11.8 Å². The summed E-state index contributed by atoms with van der Waals surface area (Å²) in [6, 6.07) is 1.80. The lowest BCUT2D eigenvalue weighted by atomic mass is 9.95. The lowest BCUT2D eigenvalue weighted by Gasteiger charge is -2.14. The van der Waals surface area contributed by atoms with Crippen molar-refractivity contribution >= 4 is 17.7 Å². The number of carboxylic acids is 1. The van der Waals surface area contributed by atoms with Crippen LogP contribution < -0.4 is 5.32 Å². The first-order valence-electron chi connectivity index (χ1n) is 7.09. The molecule has 20 heavy (non-hydrogen) atoms. The quantitative estimate of drug-likeness (QED) is 0.768. The summed E-state index contributed by atoms with van der Waals surface area (Å²) in [5, 5.41) is 18.8. The van der Waals surface area contributed by atoms with Crippen LogP contribution in [-0.2, 0) is 16.0 Å². The number of hydrogen-bond acceptors (Lipinski definition) is 3. The number of nitrogens with zero attached hydrogens (tertiary/aromatic N) is 1. The molecule has 1 unspecified atom stereocenters. The molecular formula is C14H21N3O3. The third-order valence-corrected chi connectivity index (χ3v) is 3.85. The van der Waals surface area contributed by atoms with Crippen molar-refractivity contribution in [2.75, 3.05) is 5.32 Å². The highest BCUT2D eigenvalue weighted by Crippen LogP contribution is 2.37. The van der Waals surface area contributed by atoms with E-state index in [0.29, 0.717) is 18.7 Å². The second-order valence-electron chi connectivity index (χ2n) is 5.65. The van der Waals surface area contributed by atoms with Gasteiger partial charge in [0.05, 0.1) is 11.8 Å². The maximum absolute atomic E-state index is 12.2. The number of aromatic nitrogens is 2. The summed E-state index contributed by atoms with van der Waals surface area (Å²) in [5.74, 6) is -1.43. The van der Waals surface area contributed by atoms with E-state index in [1.165, 1.54) is 0 Å². The number of H-pyrrole nitrogens is 1. The molecule has 3 atom stereocenters. The van der Waals surface area contributed by atoms with Crippen LogP contribution in [0.2, 0.25) is 0 Å². The van der Waals surface area contributed by atoms with E-state index in [2.05, 4.69) is 22.4 Å². The van der Waals surface area contributed by atoms with Crippen LogP contribution in [0.25, 0.3) is 0 Å². The number of rotatable bonds is 5. The lowest BCUT2D eigenvalue weighted by molar-refractivity contribution is -0.145. The number of hydrogen-bond donors (Lipinski definition) is 3. The fraction of sp³-hybridized carbons (Fsp3) is 0.643.